The molecule has 0 aromatic heterocycles. The minimum absolute atomic E-state index is 0.562. The summed E-state index contributed by atoms with van der Waals surface area (Å²) in [5.74, 6) is 0. The van der Waals surface area contributed by atoms with Crippen molar-refractivity contribution in [3.63, 3.8) is 0 Å². The second-order valence-electron chi connectivity index (χ2n) is 2.95. The lowest BCUT2D eigenvalue weighted by Gasteiger charge is -2.06. The third-order valence-electron chi connectivity index (χ3n) is 1.95. The summed E-state index contributed by atoms with van der Waals surface area (Å²) in [7, 11) is 0. The summed E-state index contributed by atoms with van der Waals surface area (Å²) < 4.78 is 5.47. The van der Waals surface area contributed by atoms with Gasteiger partial charge in [-0.2, -0.15) is 0 Å². The van der Waals surface area contributed by atoms with Crippen molar-refractivity contribution in [1.29, 1.82) is 0 Å². The highest BCUT2D eigenvalue weighted by atomic mass is 16.5. The highest BCUT2D eigenvalue weighted by Gasteiger charge is 2.15. The standard InChI is InChI=1S/C8H17NO/c1-2-5-9-7-8-4-3-6-10-8/h8-9H,2-7H2,1H3/p+1/t8-/m1/s1. The summed E-state index contributed by atoms with van der Waals surface area (Å²) in [6, 6.07) is 0. The maximum Gasteiger partial charge on any atom is 0.106 e. The van der Waals surface area contributed by atoms with Gasteiger partial charge in [0.05, 0.1) is 6.54 Å². The molecular formula is C8H18NO+. The number of hydrogen-bond acceptors (Lipinski definition) is 1. The van der Waals surface area contributed by atoms with E-state index in [0.29, 0.717) is 6.10 Å². The normalized spacial score (nSPS) is 25.5. The zero-order chi connectivity index (χ0) is 7.23. The number of nitrogens with two attached hydrogens (primary N) is 1. The van der Waals surface area contributed by atoms with Crippen LogP contribution in [0.15, 0.2) is 0 Å². The van der Waals surface area contributed by atoms with E-state index in [1.54, 1.807) is 0 Å². The van der Waals surface area contributed by atoms with Gasteiger partial charge in [-0.3, -0.25) is 0 Å². The molecule has 1 aliphatic rings. The van der Waals surface area contributed by atoms with E-state index in [2.05, 4.69) is 12.2 Å². The van der Waals surface area contributed by atoms with Gasteiger partial charge >= 0.3 is 0 Å². The Morgan fingerprint density at radius 3 is 3.10 bits per heavy atom. The zero-order valence-electron chi connectivity index (χ0n) is 6.81. The Morgan fingerprint density at radius 2 is 2.50 bits per heavy atom. The van der Waals surface area contributed by atoms with Crippen LogP contribution in [0, 0.1) is 0 Å². The van der Waals surface area contributed by atoms with E-state index in [1.807, 2.05) is 0 Å². The summed E-state index contributed by atoms with van der Waals surface area (Å²) in [6.45, 7) is 5.63. The largest absolute Gasteiger partial charge is 0.372 e. The molecule has 0 aliphatic carbocycles. The number of quaternary nitrogens is 1. The highest BCUT2D eigenvalue weighted by Crippen LogP contribution is 2.08. The van der Waals surface area contributed by atoms with Crippen LogP contribution in [0.5, 0.6) is 0 Å². The minimum atomic E-state index is 0.562. The van der Waals surface area contributed by atoms with Gasteiger partial charge in [0.15, 0.2) is 0 Å². The molecule has 0 aromatic rings. The fraction of sp³-hybridized carbons (Fsp3) is 1.00. The lowest BCUT2D eigenvalue weighted by Crippen LogP contribution is -2.86. The van der Waals surface area contributed by atoms with Crippen molar-refractivity contribution >= 4 is 0 Å². The van der Waals surface area contributed by atoms with Gasteiger partial charge in [0, 0.05) is 6.61 Å². The molecule has 0 radical (unpaired) electrons. The summed E-state index contributed by atoms with van der Waals surface area (Å²) in [4.78, 5) is 0. The molecule has 0 saturated carbocycles. The van der Waals surface area contributed by atoms with E-state index in [4.69, 9.17) is 4.74 Å². The van der Waals surface area contributed by atoms with Gasteiger partial charge in [-0.1, -0.05) is 6.92 Å². The summed E-state index contributed by atoms with van der Waals surface area (Å²) >= 11 is 0. The first-order chi connectivity index (χ1) is 4.93. The molecule has 0 aromatic carbocycles. The Labute approximate surface area is 63.0 Å². The van der Waals surface area contributed by atoms with E-state index < -0.39 is 0 Å². The van der Waals surface area contributed by atoms with Crippen LogP contribution in [0.25, 0.3) is 0 Å². The van der Waals surface area contributed by atoms with E-state index >= 15 is 0 Å². The molecule has 0 bridgehead atoms. The molecule has 0 unspecified atom stereocenters. The molecule has 0 spiro atoms. The Kier molecular flexibility index (Phi) is 3.76. The van der Waals surface area contributed by atoms with Crippen molar-refractivity contribution in [2.75, 3.05) is 19.7 Å². The van der Waals surface area contributed by atoms with Crippen LogP contribution >= 0.6 is 0 Å². The molecule has 2 nitrogen and oxygen atoms in total. The van der Waals surface area contributed by atoms with Crippen LogP contribution in [0.4, 0.5) is 0 Å². The van der Waals surface area contributed by atoms with Gasteiger partial charge in [-0.05, 0) is 19.3 Å². The molecule has 1 fully saturated rings. The smallest absolute Gasteiger partial charge is 0.106 e. The zero-order valence-corrected chi connectivity index (χ0v) is 6.81. The molecule has 0 amide bonds. The van der Waals surface area contributed by atoms with Crippen molar-refractivity contribution < 1.29 is 10.1 Å². The monoisotopic (exact) mass is 144 g/mol. The Hall–Kier alpha value is -0.0800. The summed E-state index contributed by atoms with van der Waals surface area (Å²) in [6.07, 6.45) is 4.38. The molecule has 1 rings (SSSR count). The topological polar surface area (TPSA) is 25.8 Å². The third kappa shape index (κ3) is 2.67. The molecule has 10 heavy (non-hydrogen) atoms. The summed E-state index contributed by atoms with van der Waals surface area (Å²) in [5.41, 5.74) is 0. The summed E-state index contributed by atoms with van der Waals surface area (Å²) in [5, 5.41) is 2.36. The van der Waals surface area contributed by atoms with Crippen LogP contribution < -0.4 is 5.32 Å². The molecule has 1 aliphatic heterocycles. The Morgan fingerprint density at radius 1 is 1.60 bits per heavy atom. The molecule has 2 heteroatoms. The van der Waals surface area contributed by atoms with Crippen molar-refractivity contribution in [1.82, 2.24) is 0 Å². The Balaban J connectivity index is 1.91. The average molecular weight is 144 g/mol. The fourth-order valence-electron chi connectivity index (χ4n) is 1.34. The van der Waals surface area contributed by atoms with Crippen molar-refractivity contribution in [3.8, 4) is 0 Å². The van der Waals surface area contributed by atoms with Crippen molar-refractivity contribution in [2.24, 2.45) is 0 Å². The SMILES string of the molecule is CCC[NH2+]C[C@H]1CCCO1. The first kappa shape index (κ1) is 8.02. The fourth-order valence-corrected chi connectivity index (χ4v) is 1.34. The number of rotatable bonds is 4. The molecule has 1 saturated heterocycles. The van der Waals surface area contributed by atoms with Crippen LogP contribution in [0.1, 0.15) is 26.2 Å². The maximum atomic E-state index is 5.47. The average Bonchev–Trinajstić information content (AvgIpc) is 2.41. The number of ether oxygens (including phenoxy) is 1. The highest BCUT2D eigenvalue weighted by molar-refractivity contribution is 4.61. The molecule has 60 valence electrons. The van der Waals surface area contributed by atoms with Gasteiger partial charge in [-0.15, -0.1) is 0 Å². The number of hydrogen-bond donors (Lipinski definition) is 1. The molecule has 1 heterocycles. The van der Waals surface area contributed by atoms with Gasteiger partial charge in [0.25, 0.3) is 0 Å². The molecule has 1 atom stereocenters. The van der Waals surface area contributed by atoms with Crippen molar-refractivity contribution in [2.45, 2.75) is 32.3 Å². The predicted octanol–water partition coefficient (Wildman–Crippen LogP) is 0.139. The maximum absolute atomic E-state index is 5.47. The van der Waals surface area contributed by atoms with Gasteiger partial charge in [-0.25, -0.2) is 0 Å². The van der Waals surface area contributed by atoms with Crippen LogP contribution in [-0.4, -0.2) is 25.8 Å². The van der Waals surface area contributed by atoms with Crippen LogP contribution in [0.3, 0.4) is 0 Å². The quantitative estimate of drug-likeness (QED) is 0.558. The van der Waals surface area contributed by atoms with Gasteiger partial charge < -0.3 is 10.1 Å². The van der Waals surface area contributed by atoms with Gasteiger partial charge in [0.1, 0.15) is 12.6 Å². The second-order valence-corrected chi connectivity index (χ2v) is 2.95. The van der Waals surface area contributed by atoms with Gasteiger partial charge in [0.2, 0.25) is 0 Å². The van der Waals surface area contributed by atoms with E-state index in [1.165, 1.54) is 32.4 Å². The van der Waals surface area contributed by atoms with Crippen LogP contribution in [-0.2, 0) is 4.74 Å². The van der Waals surface area contributed by atoms with E-state index in [-0.39, 0.29) is 0 Å². The minimum Gasteiger partial charge on any atom is -0.372 e. The van der Waals surface area contributed by atoms with Crippen LogP contribution in [0.2, 0.25) is 0 Å². The predicted molar refractivity (Wildman–Crippen MR) is 40.9 cm³/mol. The first-order valence-corrected chi connectivity index (χ1v) is 4.36. The first-order valence-electron chi connectivity index (χ1n) is 4.36. The molecule has 2 N–H and O–H groups in total. The van der Waals surface area contributed by atoms with E-state index in [9.17, 15) is 0 Å². The molecular weight excluding hydrogens is 126 g/mol. The Bertz CT molecular complexity index is 79.3. The second kappa shape index (κ2) is 4.69. The van der Waals surface area contributed by atoms with E-state index in [0.717, 1.165) is 6.61 Å². The van der Waals surface area contributed by atoms with Crippen molar-refractivity contribution in [3.05, 3.63) is 0 Å². The lowest BCUT2D eigenvalue weighted by atomic mass is 10.2. The third-order valence-corrected chi connectivity index (χ3v) is 1.95. The lowest BCUT2D eigenvalue weighted by molar-refractivity contribution is -0.660.